The molecule has 1 aliphatic rings. The van der Waals surface area contributed by atoms with E-state index in [2.05, 4.69) is 16.4 Å². The number of nitrogens with zero attached hydrogens (tertiary/aromatic N) is 1. The molecule has 3 nitrogen and oxygen atoms in total. The molecule has 0 unspecified atom stereocenters. The molecular formula is C17H21ClN2O. The van der Waals surface area contributed by atoms with Crippen LogP contribution >= 0.6 is 11.6 Å². The molecule has 0 saturated heterocycles. The van der Waals surface area contributed by atoms with Gasteiger partial charge < -0.3 is 10.1 Å². The first-order valence-corrected chi connectivity index (χ1v) is 8.02. The molecule has 0 radical (unpaired) electrons. The zero-order valence-corrected chi connectivity index (χ0v) is 13.1. The van der Waals surface area contributed by atoms with Crippen molar-refractivity contribution < 1.29 is 4.74 Å². The van der Waals surface area contributed by atoms with Crippen molar-refractivity contribution in [3.63, 3.8) is 0 Å². The van der Waals surface area contributed by atoms with Crippen LogP contribution in [0.15, 0.2) is 30.5 Å². The molecule has 1 aliphatic carbocycles. The standard InChI is InChI=1S/C17H21ClN2O/c1-21-14-5-4-13-6-9-19-16(15(13)10-14)20-12-17(11-18)7-2-3-8-17/h4-6,9-10H,2-3,7-8,11-12H2,1H3,(H,19,20). The summed E-state index contributed by atoms with van der Waals surface area (Å²) < 4.78 is 5.32. The minimum absolute atomic E-state index is 0.226. The SMILES string of the molecule is COc1ccc2ccnc(NCC3(CCl)CCCC3)c2c1. The van der Waals surface area contributed by atoms with Crippen molar-refractivity contribution in [2.45, 2.75) is 25.7 Å². The monoisotopic (exact) mass is 304 g/mol. The molecule has 0 bridgehead atoms. The van der Waals surface area contributed by atoms with E-state index >= 15 is 0 Å². The summed E-state index contributed by atoms with van der Waals surface area (Å²) in [6, 6.07) is 8.09. The van der Waals surface area contributed by atoms with Gasteiger partial charge in [-0.3, -0.25) is 0 Å². The fourth-order valence-corrected chi connectivity index (χ4v) is 3.53. The van der Waals surface area contributed by atoms with Gasteiger partial charge in [-0.1, -0.05) is 18.9 Å². The lowest BCUT2D eigenvalue weighted by Gasteiger charge is -2.27. The highest BCUT2D eigenvalue weighted by molar-refractivity contribution is 6.18. The summed E-state index contributed by atoms with van der Waals surface area (Å²) in [5.41, 5.74) is 0.226. The molecule has 2 aromatic rings. The second-order valence-electron chi connectivity index (χ2n) is 5.94. The molecule has 1 N–H and O–H groups in total. The Hall–Kier alpha value is -1.48. The number of hydrogen-bond donors (Lipinski definition) is 1. The van der Waals surface area contributed by atoms with Crippen LogP contribution in [0.1, 0.15) is 25.7 Å². The smallest absolute Gasteiger partial charge is 0.133 e. The van der Waals surface area contributed by atoms with Crippen LogP contribution in [0.4, 0.5) is 5.82 Å². The topological polar surface area (TPSA) is 34.1 Å². The predicted molar refractivity (Wildman–Crippen MR) is 88.4 cm³/mol. The molecule has 1 aromatic carbocycles. The van der Waals surface area contributed by atoms with Crippen molar-refractivity contribution in [3.8, 4) is 5.75 Å². The van der Waals surface area contributed by atoms with Gasteiger partial charge in [0.05, 0.1) is 7.11 Å². The maximum atomic E-state index is 6.22. The Morgan fingerprint density at radius 1 is 1.29 bits per heavy atom. The van der Waals surface area contributed by atoms with Gasteiger partial charge in [-0.15, -0.1) is 11.6 Å². The van der Waals surface area contributed by atoms with Gasteiger partial charge in [0.2, 0.25) is 0 Å². The molecular weight excluding hydrogens is 284 g/mol. The Bertz CT molecular complexity index is 623. The molecule has 21 heavy (non-hydrogen) atoms. The van der Waals surface area contributed by atoms with E-state index in [9.17, 15) is 0 Å². The summed E-state index contributed by atoms with van der Waals surface area (Å²) in [5.74, 6) is 2.49. The summed E-state index contributed by atoms with van der Waals surface area (Å²) in [6.07, 6.45) is 6.82. The minimum atomic E-state index is 0.226. The Morgan fingerprint density at radius 2 is 2.10 bits per heavy atom. The highest BCUT2D eigenvalue weighted by atomic mass is 35.5. The van der Waals surface area contributed by atoms with Crippen LogP contribution in [0.3, 0.4) is 0 Å². The first-order chi connectivity index (χ1) is 10.3. The summed E-state index contributed by atoms with van der Waals surface area (Å²) in [5, 5.41) is 5.78. The first kappa shape index (κ1) is 14.5. The number of rotatable bonds is 5. The largest absolute Gasteiger partial charge is 0.497 e. The van der Waals surface area contributed by atoms with E-state index in [1.165, 1.54) is 31.1 Å². The van der Waals surface area contributed by atoms with E-state index in [0.717, 1.165) is 23.5 Å². The average molecular weight is 305 g/mol. The van der Waals surface area contributed by atoms with Crippen LogP contribution in [-0.4, -0.2) is 24.5 Å². The number of pyridine rings is 1. The van der Waals surface area contributed by atoms with Gasteiger partial charge >= 0.3 is 0 Å². The second kappa shape index (κ2) is 6.10. The predicted octanol–water partition coefficient (Wildman–Crippen LogP) is 4.45. The van der Waals surface area contributed by atoms with E-state index in [4.69, 9.17) is 16.3 Å². The third kappa shape index (κ3) is 2.93. The maximum Gasteiger partial charge on any atom is 0.133 e. The Kier molecular flexibility index (Phi) is 4.20. The highest BCUT2D eigenvalue weighted by Gasteiger charge is 2.32. The zero-order valence-electron chi connectivity index (χ0n) is 12.4. The van der Waals surface area contributed by atoms with E-state index in [1.54, 1.807) is 7.11 Å². The Morgan fingerprint density at radius 3 is 2.81 bits per heavy atom. The number of alkyl halides is 1. The van der Waals surface area contributed by atoms with Crippen LogP contribution < -0.4 is 10.1 Å². The molecule has 1 saturated carbocycles. The average Bonchev–Trinajstić information content (AvgIpc) is 3.02. The van der Waals surface area contributed by atoms with Gasteiger partial charge in [-0.05, 0) is 36.4 Å². The fourth-order valence-electron chi connectivity index (χ4n) is 3.17. The maximum absolute atomic E-state index is 6.22. The van der Waals surface area contributed by atoms with Crippen molar-refractivity contribution in [3.05, 3.63) is 30.5 Å². The lowest BCUT2D eigenvalue weighted by molar-refractivity contribution is 0.368. The summed E-state index contributed by atoms with van der Waals surface area (Å²) in [6.45, 7) is 0.889. The molecule has 1 fully saturated rings. The van der Waals surface area contributed by atoms with Crippen molar-refractivity contribution in [1.29, 1.82) is 0 Å². The van der Waals surface area contributed by atoms with Crippen LogP contribution in [0.2, 0.25) is 0 Å². The van der Waals surface area contributed by atoms with Crippen LogP contribution in [0.25, 0.3) is 10.8 Å². The number of aromatic nitrogens is 1. The quantitative estimate of drug-likeness (QED) is 0.828. The number of benzene rings is 1. The van der Waals surface area contributed by atoms with E-state index in [-0.39, 0.29) is 5.41 Å². The van der Waals surface area contributed by atoms with Gasteiger partial charge in [0, 0.05) is 29.4 Å². The number of methoxy groups -OCH3 is 1. The number of halogens is 1. The first-order valence-electron chi connectivity index (χ1n) is 7.49. The third-order valence-electron chi connectivity index (χ3n) is 4.55. The van der Waals surface area contributed by atoms with E-state index in [1.807, 2.05) is 24.4 Å². The Labute approximate surface area is 130 Å². The minimum Gasteiger partial charge on any atom is -0.497 e. The highest BCUT2D eigenvalue weighted by Crippen LogP contribution is 2.39. The second-order valence-corrected chi connectivity index (χ2v) is 6.21. The molecule has 0 amide bonds. The normalized spacial score (nSPS) is 17.0. The molecule has 4 heteroatoms. The third-order valence-corrected chi connectivity index (χ3v) is 5.12. The van der Waals surface area contributed by atoms with Crippen LogP contribution in [0.5, 0.6) is 5.75 Å². The fraction of sp³-hybridized carbons (Fsp3) is 0.471. The van der Waals surface area contributed by atoms with Crippen molar-refractivity contribution in [1.82, 2.24) is 4.98 Å². The molecule has 1 aromatic heterocycles. The van der Waals surface area contributed by atoms with Crippen molar-refractivity contribution >= 4 is 28.2 Å². The van der Waals surface area contributed by atoms with Gasteiger partial charge in [0.25, 0.3) is 0 Å². The van der Waals surface area contributed by atoms with E-state index < -0.39 is 0 Å². The van der Waals surface area contributed by atoms with Gasteiger partial charge in [0.1, 0.15) is 11.6 Å². The summed E-state index contributed by atoms with van der Waals surface area (Å²) in [4.78, 5) is 4.50. The van der Waals surface area contributed by atoms with Gasteiger partial charge in [-0.25, -0.2) is 4.98 Å². The zero-order chi connectivity index (χ0) is 14.7. The summed E-state index contributed by atoms with van der Waals surface area (Å²) in [7, 11) is 1.69. The van der Waals surface area contributed by atoms with Crippen LogP contribution in [0, 0.1) is 5.41 Å². The lowest BCUT2D eigenvalue weighted by atomic mass is 9.88. The number of anilines is 1. The molecule has 0 spiro atoms. The molecule has 0 atom stereocenters. The molecule has 1 heterocycles. The number of hydrogen-bond acceptors (Lipinski definition) is 3. The van der Waals surface area contributed by atoms with Gasteiger partial charge in [-0.2, -0.15) is 0 Å². The Balaban J connectivity index is 1.86. The molecule has 3 rings (SSSR count). The molecule has 112 valence electrons. The van der Waals surface area contributed by atoms with E-state index in [0.29, 0.717) is 5.88 Å². The lowest BCUT2D eigenvalue weighted by Crippen LogP contribution is -2.28. The van der Waals surface area contributed by atoms with Crippen molar-refractivity contribution in [2.24, 2.45) is 5.41 Å². The number of ether oxygens (including phenoxy) is 1. The van der Waals surface area contributed by atoms with Crippen LogP contribution in [-0.2, 0) is 0 Å². The van der Waals surface area contributed by atoms with Gasteiger partial charge in [0.15, 0.2) is 0 Å². The van der Waals surface area contributed by atoms with Crippen molar-refractivity contribution in [2.75, 3.05) is 24.9 Å². The summed E-state index contributed by atoms with van der Waals surface area (Å²) >= 11 is 6.22. The molecule has 0 aliphatic heterocycles. The number of nitrogens with one attached hydrogen (secondary N) is 1. The number of fused-ring (bicyclic) bond motifs is 1.